The summed E-state index contributed by atoms with van der Waals surface area (Å²) >= 11 is 5.43. The predicted octanol–water partition coefficient (Wildman–Crippen LogP) is 24.5. The van der Waals surface area contributed by atoms with E-state index in [4.69, 9.17) is 77.9 Å². The number of esters is 14. The Balaban J connectivity index is -0.0000000605. The molecule has 858 valence electrons. The third-order valence-electron chi connectivity index (χ3n) is 21.1. The summed E-state index contributed by atoms with van der Waals surface area (Å²) in [5.41, 5.74) is -2.47. The van der Waals surface area contributed by atoms with Crippen molar-refractivity contribution in [2.24, 2.45) is 75.4 Å². The molecule has 0 amide bonds. The van der Waals surface area contributed by atoms with Gasteiger partial charge in [-0.15, -0.1) is 11.6 Å². The van der Waals surface area contributed by atoms with Crippen molar-refractivity contribution in [1.29, 1.82) is 0 Å². The largest absolute Gasteiger partial charge is 0.469 e. The molecule has 34 nitrogen and oxygen atoms in total. The lowest BCUT2D eigenvalue weighted by Crippen LogP contribution is -2.50. The van der Waals surface area contributed by atoms with Gasteiger partial charge in [0.05, 0.1) is 144 Å². The quantitative estimate of drug-likeness (QED) is 0.0137. The van der Waals surface area contributed by atoms with Crippen molar-refractivity contribution in [1.82, 2.24) is 0 Å². The van der Waals surface area contributed by atoms with Crippen LogP contribution in [-0.4, -0.2) is 227 Å². The number of hydrogen-bond acceptors (Lipinski definition) is 34. The number of carbonyl (C=O) groups excluding carboxylic acids is 14. The van der Waals surface area contributed by atoms with E-state index in [1.165, 1.54) is 48.9 Å². The molecule has 0 spiro atoms. The lowest BCUT2D eigenvalue weighted by molar-refractivity contribution is -0.282. The Morgan fingerprint density at radius 2 is 0.745 bits per heavy atom. The van der Waals surface area contributed by atoms with Crippen LogP contribution < -0.4 is 0 Å². The molecule has 2 saturated heterocycles. The van der Waals surface area contributed by atoms with Crippen molar-refractivity contribution in [2.75, 3.05) is 95.0 Å². The van der Waals surface area contributed by atoms with E-state index in [-0.39, 0.29) is 198 Å². The van der Waals surface area contributed by atoms with Crippen LogP contribution in [0.4, 0.5) is 0 Å². The van der Waals surface area contributed by atoms with Crippen LogP contribution in [0.15, 0.2) is 12.7 Å². The summed E-state index contributed by atoms with van der Waals surface area (Å²) in [6.07, 6.45) is 9.31. The molecule has 1 saturated carbocycles. The standard InChI is InChI=1S/C14H24O4.C12H20O5.C12H22O5.C12H20O4.C10H19ClO3.C10H18O5.2C10H18O4.16CH4/c1-10(12(15)17-4)11(2)13(16)18-14(3)8-6-5-7-9-14;1-8(11(13)15-3)9(2)12(14)17-10-6-4-5-7-16-10;1-6-12(4,5)11(14)17-10(3)16-8-7-15-9(2)13;1-7-12(4,5)16-11(14)9(3)8(2)10(13)15-6;1-5-10(3,4)9(12)14-8(2)13-7-6-11;1-5-14-6-15-10(12)8(3)7(2)9(11)13-4;1-5-10(2,3)9(11)14-8-7(12-4)6-13-8;1-6(2)14-10(12)8(4)7(3)9(11)13-5;;;;;;;;;;;;;;;;/h10-11H,5-9H2,1-4H3;8-10H,4-7H2,1-3H3;10H,6-8H2,1-5H3;7-9H,1H2,2-6H3;8H,5-7H2,1-4H3;7-8H,5-6H2,1-4H3;7-8H,5-6H2,1-4H3;6-8H,1-5H3;16*1H4. The second kappa shape index (κ2) is 98.4. The van der Waals surface area contributed by atoms with E-state index in [0.717, 1.165) is 57.8 Å². The summed E-state index contributed by atoms with van der Waals surface area (Å²) in [7, 11) is 8.11. The van der Waals surface area contributed by atoms with Gasteiger partial charge in [0, 0.05) is 32.9 Å². The third kappa shape index (κ3) is 80.3. The molecule has 0 bridgehead atoms. The predicted molar refractivity (Wildman–Crippen MR) is 570 cm³/mol. The zero-order valence-corrected chi connectivity index (χ0v) is 82.5. The van der Waals surface area contributed by atoms with Crippen LogP contribution in [0.5, 0.6) is 0 Å². The van der Waals surface area contributed by atoms with Gasteiger partial charge in [0.25, 0.3) is 0 Å². The summed E-state index contributed by atoms with van der Waals surface area (Å²) in [5.74, 6) is -9.63. The molecule has 2 heterocycles. The molecule has 3 fully saturated rings. The molecule has 0 aromatic heterocycles. The summed E-state index contributed by atoms with van der Waals surface area (Å²) in [5, 5.41) is 0. The maximum atomic E-state index is 12.0. The first-order valence-electron chi connectivity index (χ1n) is 42.8. The van der Waals surface area contributed by atoms with Gasteiger partial charge in [-0.25, -0.2) is 0 Å². The molecule has 15 atom stereocenters. The number of ether oxygens (including phenoxy) is 20. The number of carbonyl (C=O) groups is 14. The number of hydrogen-bond donors (Lipinski definition) is 0. The second-order valence-corrected chi connectivity index (χ2v) is 33.6. The Bertz CT molecular complexity index is 3160. The van der Waals surface area contributed by atoms with Crippen molar-refractivity contribution in [2.45, 2.75) is 432 Å². The average Bonchev–Trinajstić information content (AvgIpc) is 0.838. The Kier molecular flexibility index (Phi) is 129. The second-order valence-electron chi connectivity index (χ2n) is 33.3. The zero-order chi connectivity index (χ0) is 98.1. The molecule has 0 aromatic carbocycles. The zero-order valence-electron chi connectivity index (χ0n) is 81.7. The lowest BCUT2D eigenvalue weighted by atomic mass is 9.86. The minimum atomic E-state index is -0.721. The lowest BCUT2D eigenvalue weighted by Gasteiger charge is -2.36. The highest BCUT2D eigenvalue weighted by Gasteiger charge is 2.41. The molecule has 0 aromatic rings. The SMILES string of the molecule is C.C.C.C.C.C.C.C.C.C.C.C.C.C.C.C.C=CC(C)(C)OC(=O)C(C)C(C)C(=O)OC.CCC(C)(C)C(=O)OC(C)OCCCl.CCC(C)(C)C(=O)OC(C)OCCOC(C)=O.CCC(C)(C)C(=O)OC1OCC1OC.CCOCOC(=O)C(C)C(C)C(=O)OC.COC(=O)C(C)C(C)C(=O)OC(C)C.COC(=O)C(C)C(C)C(=O)OC1(C)CCCCC1.COC(=O)C(C)C(C)C(=O)OC1CCCCO1. The highest BCUT2D eigenvalue weighted by atomic mass is 35.5. The van der Waals surface area contributed by atoms with Gasteiger partial charge >= 0.3 is 83.6 Å². The molecule has 15 unspecified atom stereocenters. The number of halogens is 1. The van der Waals surface area contributed by atoms with Crippen LogP contribution in [0.3, 0.4) is 0 Å². The smallest absolute Gasteiger partial charge is 0.313 e. The average molecular weight is 2080 g/mol. The minimum absolute atomic E-state index is 0. The molecular weight excluding hydrogens is 1850 g/mol. The van der Waals surface area contributed by atoms with E-state index in [0.29, 0.717) is 38.7 Å². The fourth-order valence-electron chi connectivity index (χ4n) is 9.34. The Hall–Kier alpha value is -7.63. The van der Waals surface area contributed by atoms with Crippen molar-refractivity contribution >= 4 is 95.2 Å². The number of rotatable bonds is 40. The first-order valence-corrected chi connectivity index (χ1v) is 43.4. The maximum Gasteiger partial charge on any atom is 0.313 e. The van der Waals surface area contributed by atoms with E-state index in [1.54, 1.807) is 131 Å². The first kappa shape index (κ1) is 185. The molecule has 0 N–H and O–H groups in total. The highest BCUT2D eigenvalue weighted by Crippen LogP contribution is 2.34. The molecule has 3 aliphatic rings. The van der Waals surface area contributed by atoms with E-state index >= 15 is 0 Å². The topological polar surface area (TPSA) is 424 Å². The van der Waals surface area contributed by atoms with Gasteiger partial charge in [-0.3, -0.25) is 67.1 Å². The van der Waals surface area contributed by atoms with E-state index in [1.807, 2.05) is 69.2 Å². The normalized spacial score (nSPS) is 15.9. The van der Waals surface area contributed by atoms with Crippen LogP contribution in [0.2, 0.25) is 0 Å². The van der Waals surface area contributed by atoms with Crippen LogP contribution in [0.25, 0.3) is 0 Å². The van der Waals surface area contributed by atoms with E-state index in [2.05, 4.69) is 35.0 Å². The van der Waals surface area contributed by atoms with Crippen LogP contribution >= 0.6 is 11.6 Å². The molecule has 1 aliphatic carbocycles. The van der Waals surface area contributed by atoms with Crippen LogP contribution in [0, 0.1) is 75.4 Å². The molecule has 2 aliphatic heterocycles. The maximum absolute atomic E-state index is 12.0. The van der Waals surface area contributed by atoms with E-state index in [9.17, 15) is 67.1 Å². The summed E-state index contributed by atoms with van der Waals surface area (Å²) in [6, 6.07) is 0. The molecule has 3 rings (SSSR count). The van der Waals surface area contributed by atoms with Gasteiger partial charge in [-0.2, -0.15) is 0 Å². The fraction of sp³-hybridized carbons (Fsp3) is 0.849. The van der Waals surface area contributed by atoms with Gasteiger partial charge in [0.2, 0.25) is 12.6 Å². The van der Waals surface area contributed by atoms with Crippen molar-refractivity contribution in [3.05, 3.63) is 12.7 Å². The minimum Gasteiger partial charge on any atom is -0.469 e. The van der Waals surface area contributed by atoms with Crippen molar-refractivity contribution in [3.8, 4) is 0 Å². The monoisotopic (exact) mass is 2080 g/mol. The summed E-state index contributed by atoms with van der Waals surface area (Å²) in [4.78, 5) is 160. The van der Waals surface area contributed by atoms with Gasteiger partial charge in [-0.05, 0) is 161 Å². The van der Waals surface area contributed by atoms with Gasteiger partial charge in [-0.1, -0.05) is 222 Å². The van der Waals surface area contributed by atoms with E-state index < -0.39 is 148 Å². The van der Waals surface area contributed by atoms with Gasteiger partial charge in [0.15, 0.2) is 19.4 Å². The van der Waals surface area contributed by atoms with Crippen molar-refractivity contribution < 1.29 is 162 Å². The Morgan fingerprint density at radius 1 is 0.404 bits per heavy atom. The molecule has 0 radical (unpaired) electrons. The Morgan fingerprint density at radius 3 is 1.05 bits per heavy atom. The number of methoxy groups -OCH3 is 6. The molecular formula is C106H223ClO34. The number of alkyl halides is 1. The fourth-order valence-corrected chi connectivity index (χ4v) is 9.43. The first-order chi connectivity index (χ1) is 57.9. The summed E-state index contributed by atoms with van der Waals surface area (Å²) < 4.78 is 99.3. The van der Waals surface area contributed by atoms with Gasteiger partial charge < -0.3 is 94.7 Å². The molecule has 35 heteroatoms. The molecule has 141 heavy (non-hydrogen) atoms. The third-order valence-corrected chi connectivity index (χ3v) is 21.2. The van der Waals surface area contributed by atoms with Crippen LogP contribution in [-0.2, 0) is 162 Å². The van der Waals surface area contributed by atoms with Gasteiger partial charge in [0.1, 0.15) is 23.9 Å². The van der Waals surface area contributed by atoms with Crippen LogP contribution in [0.1, 0.15) is 383 Å². The summed E-state index contributed by atoms with van der Waals surface area (Å²) in [6.45, 7) is 54.7. The highest BCUT2D eigenvalue weighted by molar-refractivity contribution is 6.18. The van der Waals surface area contributed by atoms with Crippen molar-refractivity contribution in [3.63, 3.8) is 0 Å². The Labute approximate surface area is 867 Å².